The third-order valence-corrected chi connectivity index (χ3v) is 3.10. The largest absolute Gasteiger partial charge is 2.00 e. The van der Waals surface area contributed by atoms with E-state index in [0.717, 1.165) is 0 Å². The first-order chi connectivity index (χ1) is 11.8. The van der Waals surface area contributed by atoms with Crippen LogP contribution in [0.4, 0.5) is 0 Å². The van der Waals surface area contributed by atoms with Gasteiger partial charge in [-0.1, -0.05) is 12.1 Å². The van der Waals surface area contributed by atoms with Gasteiger partial charge >= 0.3 is 26.2 Å². The monoisotopic (exact) mass is 412 g/mol. The molecule has 0 radical (unpaired) electrons. The van der Waals surface area contributed by atoms with Crippen molar-refractivity contribution < 1.29 is 36.4 Å². The maximum Gasteiger partial charge on any atom is 2.00 e. The van der Waals surface area contributed by atoms with Gasteiger partial charge in [0.15, 0.2) is 0 Å². The van der Waals surface area contributed by atoms with E-state index in [-0.39, 0.29) is 39.4 Å². The fourth-order valence-corrected chi connectivity index (χ4v) is 2.14. The Morgan fingerprint density at radius 2 is 0.960 bits per heavy atom. The van der Waals surface area contributed by atoms with Crippen molar-refractivity contribution in [3.8, 4) is 0 Å². The van der Waals surface area contributed by atoms with Crippen LogP contribution >= 0.6 is 0 Å². The fraction of sp³-hybridized carbons (Fsp3) is 0.182. The van der Waals surface area contributed by atoms with Gasteiger partial charge in [-0.3, -0.25) is 0 Å². The normalized spacial score (nSPS) is 8.80. The number of fused-ring (bicyclic) bond motifs is 2. The molecule has 0 amide bonds. The van der Waals surface area contributed by atoms with Gasteiger partial charge in [0.1, 0.15) is 0 Å². The van der Waals surface area contributed by atoms with Crippen molar-refractivity contribution in [3.63, 3.8) is 0 Å². The molecule has 130 valence electrons. The molecule has 4 aromatic rings. The fourth-order valence-electron chi connectivity index (χ4n) is 2.14. The number of hydrogen-bond donors (Lipinski definition) is 2. The number of benzene rings is 2. The molecule has 0 unspecified atom stereocenters. The van der Waals surface area contributed by atoms with Crippen LogP contribution in [0.15, 0.2) is 84.9 Å². The first-order valence-corrected chi connectivity index (χ1v) is 8.19. The zero-order valence-corrected chi connectivity index (χ0v) is 17.3. The van der Waals surface area contributed by atoms with Crippen LogP contribution in [0.1, 0.15) is 13.8 Å². The standard InChI is InChI=1S/2C9H7.2C2H6O.Zr/c2*1-2-5-9-7-3-6-8(9)4-1;2*1-2-3;/h2*1-7H;2*3H,2H2,1H3;/q2*-1;;;+2. The van der Waals surface area contributed by atoms with Gasteiger partial charge in [0.05, 0.1) is 0 Å². The maximum atomic E-state index is 7.57. The van der Waals surface area contributed by atoms with E-state index in [4.69, 9.17) is 10.2 Å². The molecule has 0 saturated carbocycles. The van der Waals surface area contributed by atoms with Crippen molar-refractivity contribution in [2.75, 3.05) is 13.2 Å². The number of aliphatic hydroxyl groups excluding tert-OH is 2. The molecule has 2 nitrogen and oxygen atoms in total. The van der Waals surface area contributed by atoms with Crippen molar-refractivity contribution in [1.82, 2.24) is 0 Å². The Labute approximate surface area is 169 Å². The summed E-state index contributed by atoms with van der Waals surface area (Å²) in [5, 5.41) is 20.5. The van der Waals surface area contributed by atoms with Crippen molar-refractivity contribution in [3.05, 3.63) is 84.9 Å². The predicted octanol–water partition coefficient (Wildman–Crippen LogP) is 5.11. The van der Waals surface area contributed by atoms with E-state index >= 15 is 0 Å². The summed E-state index contributed by atoms with van der Waals surface area (Å²) in [4.78, 5) is 0. The average Bonchev–Trinajstić information content (AvgIpc) is 3.26. The first-order valence-electron chi connectivity index (χ1n) is 8.19. The SMILES string of the molecule is CCO.CCO.[Zr+2].c1ccc2[cH-]ccc2c1.c1ccc2[cH-]ccc2c1. The second-order valence-corrected chi connectivity index (χ2v) is 4.94. The molecule has 0 saturated heterocycles. The molecule has 0 aliphatic carbocycles. The Balaban J connectivity index is 0.000000344. The Morgan fingerprint density at radius 3 is 1.28 bits per heavy atom. The summed E-state index contributed by atoms with van der Waals surface area (Å²) in [5.74, 6) is 0. The van der Waals surface area contributed by atoms with Crippen molar-refractivity contribution in [2.24, 2.45) is 0 Å². The Kier molecular flexibility index (Phi) is 13.9. The second-order valence-electron chi connectivity index (χ2n) is 4.94. The molecule has 0 fully saturated rings. The van der Waals surface area contributed by atoms with E-state index in [1.165, 1.54) is 21.5 Å². The van der Waals surface area contributed by atoms with Crippen molar-refractivity contribution >= 4 is 21.5 Å². The zero-order valence-electron chi connectivity index (χ0n) is 14.9. The third kappa shape index (κ3) is 8.93. The molecule has 3 heteroatoms. The van der Waals surface area contributed by atoms with Crippen LogP contribution in [0.25, 0.3) is 21.5 Å². The van der Waals surface area contributed by atoms with Crippen LogP contribution in [-0.2, 0) is 26.2 Å². The summed E-state index contributed by atoms with van der Waals surface area (Å²) in [6.45, 7) is 3.86. The molecular weight excluding hydrogens is 387 g/mol. The first kappa shape index (κ1) is 23.5. The van der Waals surface area contributed by atoms with Crippen molar-refractivity contribution in [2.45, 2.75) is 13.8 Å². The number of rotatable bonds is 0. The molecular formula is C22H26O2Zr. The van der Waals surface area contributed by atoms with Crippen molar-refractivity contribution in [1.29, 1.82) is 0 Å². The van der Waals surface area contributed by atoms with Gasteiger partial charge in [-0.2, -0.15) is 35.0 Å². The number of hydrogen-bond acceptors (Lipinski definition) is 2. The summed E-state index contributed by atoms with van der Waals surface area (Å²) < 4.78 is 0. The van der Waals surface area contributed by atoms with Crippen LogP contribution in [0.3, 0.4) is 0 Å². The Morgan fingerprint density at radius 1 is 0.640 bits per heavy atom. The van der Waals surface area contributed by atoms with Crippen LogP contribution in [0.2, 0.25) is 0 Å². The smallest absolute Gasteiger partial charge is 0.397 e. The van der Waals surface area contributed by atoms with Crippen LogP contribution in [0.5, 0.6) is 0 Å². The maximum absolute atomic E-state index is 7.57. The predicted molar refractivity (Wildman–Crippen MR) is 105 cm³/mol. The second kappa shape index (κ2) is 14.8. The molecule has 2 N–H and O–H groups in total. The van der Waals surface area contributed by atoms with E-state index < -0.39 is 0 Å². The van der Waals surface area contributed by atoms with Gasteiger partial charge in [0.2, 0.25) is 0 Å². The summed E-state index contributed by atoms with van der Waals surface area (Å²) in [6, 6.07) is 29.3. The van der Waals surface area contributed by atoms with Gasteiger partial charge in [-0.25, -0.2) is 0 Å². The third-order valence-electron chi connectivity index (χ3n) is 3.10. The topological polar surface area (TPSA) is 40.5 Å². The Bertz CT molecular complexity index is 658. The minimum absolute atomic E-state index is 0. The minimum Gasteiger partial charge on any atom is -0.397 e. The summed E-state index contributed by atoms with van der Waals surface area (Å²) in [7, 11) is 0. The molecule has 0 aliphatic heterocycles. The van der Waals surface area contributed by atoms with Gasteiger partial charge in [0, 0.05) is 13.2 Å². The zero-order chi connectivity index (χ0) is 17.6. The molecule has 0 bridgehead atoms. The van der Waals surface area contributed by atoms with Gasteiger partial charge in [-0.05, 0) is 13.8 Å². The molecule has 0 aromatic heterocycles. The molecule has 0 aliphatic rings. The van der Waals surface area contributed by atoms with Crippen LogP contribution < -0.4 is 0 Å². The van der Waals surface area contributed by atoms with E-state index in [0.29, 0.717) is 0 Å². The van der Waals surface area contributed by atoms with Gasteiger partial charge in [0.25, 0.3) is 0 Å². The molecule has 0 heterocycles. The summed E-state index contributed by atoms with van der Waals surface area (Å²) in [6.07, 6.45) is 0. The van der Waals surface area contributed by atoms with E-state index in [2.05, 4.69) is 84.9 Å². The Hall–Kier alpha value is -1.54. The van der Waals surface area contributed by atoms with Gasteiger partial charge in [-0.15, -0.1) is 59.3 Å². The molecule has 0 spiro atoms. The van der Waals surface area contributed by atoms with E-state index in [1.807, 2.05) is 0 Å². The molecule has 0 atom stereocenters. The molecule has 4 rings (SSSR count). The summed E-state index contributed by atoms with van der Waals surface area (Å²) in [5.41, 5.74) is 0. The molecule has 25 heavy (non-hydrogen) atoms. The average molecular weight is 414 g/mol. The quantitative estimate of drug-likeness (QED) is 0.393. The minimum atomic E-state index is 0. The van der Waals surface area contributed by atoms with Crippen LogP contribution in [0, 0.1) is 0 Å². The number of aliphatic hydroxyl groups is 2. The van der Waals surface area contributed by atoms with E-state index in [9.17, 15) is 0 Å². The molecule has 4 aromatic carbocycles. The van der Waals surface area contributed by atoms with Crippen LogP contribution in [-0.4, -0.2) is 23.4 Å². The summed E-state index contributed by atoms with van der Waals surface area (Å²) >= 11 is 0. The van der Waals surface area contributed by atoms with E-state index in [1.54, 1.807) is 13.8 Å². The van der Waals surface area contributed by atoms with Gasteiger partial charge < -0.3 is 10.2 Å².